The molecule has 3 heterocycles. The van der Waals surface area contributed by atoms with Crippen molar-refractivity contribution in [1.29, 1.82) is 0 Å². The molecule has 0 spiro atoms. The van der Waals surface area contributed by atoms with Crippen molar-refractivity contribution in [3.63, 3.8) is 0 Å². The molecule has 0 radical (unpaired) electrons. The number of fused-ring (bicyclic) bond motifs is 3. The molecule has 3 aliphatic rings. The van der Waals surface area contributed by atoms with Crippen molar-refractivity contribution in [2.45, 2.75) is 19.0 Å². The first-order chi connectivity index (χ1) is 5.31. The number of nitrogens with zero attached hydrogens (tertiary/aromatic N) is 2. The molecular formula is C8H16N2O. The molecule has 3 saturated heterocycles. The van der Waals surface area contributed by atoms with Gasteiger partial charge in [-0.3, -0.25) is 9.80 Å². The van der Waals surface area contributed by atoms with Gasteiger partial charge in [0, 0.05) is 38.3 Å². The van der Waals surface area contributed by atoms with Crippen molar-refractivity contribution in [2.75, 3.05) is 32.8 Å². The minimum Gasteiger partial charge on any atom is -0.395 e. The third kappa shape index (κ3) is 1.17. The van der Waals surface area contributed by atoms with E-state index >= 15 is 0 Å². The zero-order chi connectivity index (χ0) is 7.84. The van der Waals surface area contributed by atoms with Gasteiger partial charge in [-0.1, -0.05) is 0 Å². The lowest BCUT2D eigenvalue weighted by atomic mass is 10.0. The molecule has 0 aromatic carbocycles. The van der Waals surface area contributed by atoms with Crippen LogP contribution < -0.4 is 0 Å². The van der Waals surface area contributed by atoms with Crippen molar-refractivity contribution in [2.24, 2.45) is 0 Å². The van der Waals surface area contributed by atoms with E-state index < -0.39 is 0 Å². The van der Waals surface area contributed by atoms with Crippen molar-refractivity contribution < 1.29 is 5.11 Å². The highest BCUT2D eigenvalue weighted by molar-refractivity contribution is 4.91. The third-order valence-electron chi connectivity index (χ3n) is 2.91. The Morgan fingerprint density at radius 3 is 2.64 bits per heavy atom. The summed E-state index contributed by atoms with van der Waals surface area (Å²) in [5, 5.41) is 9.06. The molecule has 3 rings (SSSR count). The summed E-state index contributed by atoms with van der Waals surface area (Å²) in [4.78, 5) is 4.88. The van der Waals surface area contributed by atoms with Crippen LogP contribution in [0.2, 0.25) is 0 Å². The Bertz CT molecular complexity index is 151. The summed E-state index contributed by atoms with van der Waals surface area (Å²) in [6.45, 7) is 7.17. The van der Waals surface area contributed by atoms with Crippen LogP contribution in [0.1, 0.15) is 6.92 Å². The second-order valence-corrected chi connectivity index (χ2v) is 3.68. The summed E-state index contributed by atoms with van der Waals surface area (Å²) in [5.41, 5.74) is 0. The lowest BCUT2D eigenvalue weighted by molar-refractivity contribution is -0.0445. The lowest BCUT2D eigenvalue weighted by Gasteiger charge is -2.50. The number of hydrogen-bond acceptors (Lipinski definition) is 3. The van der Waals surface area contributed by atoms with Crippen LogP contribution in [0.5, 0.6) is 0 Å². The average molecular weight is 156 g/mol. The van der Waals surface area contributed by atoms with Crippen LogP contribution in [0.4, 0.5) is 0 Å². The van der Waals surface area contributed by atoms with Crippen LogP contribution in [0, 0.1) is 0 Å². The standard InChI is InChI=1S/C8H16N2O/c1-7-4-9-2-3-10(7)8(5-9)6-11/h7-8,11H,2-6H2,1H3. The first kappa shape index (κ1) is 7.53. The summed E-state index contributed by atoms with van der Waals surface area (Å²) in [7, 11) is 0. The Morgan fingerprint density at radius 1 is 1.36 bits per heavy atom. The second kappa shape index (κ2) is 2.73. The molecule has 3 nitrogen and oxygen atoms in total. The molecule has 3 fully saturated rings. The van der Waals surface area contributed by atoms with Crippen LogP contribution in [0.15, 0.2) is 0 Å². The Balaban J connectivity index is 2.07. The lowest BCUT2D eigenvalue weighted by Crippen LogP contribution is -2.65. The van der Waals surface area contributed by atoms with Gasteiger partial charge in [-0.25, -0.2) is 0 Å². The first-order valence-corrected chi connectivity index (χ1v) is 4.40. The van der Waals surface area contributed by atoms with Gasteiger partial charge in [0.1, 0.15) is 0 Å². The van der Waals surface area contributed by atoms with Crippen LogP contribution in [0.3, 0.4) is 0 Å². The van der Waals surface area contributed by atoms with Gasteiger partial charge in [-0.05, 0) is 6.92 Å². The van der Waals surface area contributed by atoms with E-state index in [0.29, 0.717) is 18.7 Å². The molecule has 4 atom stereocenters. The van der Waals surface area contributed by atoms with E-state index in [4.69, 9.17) is 5.11 Å². The van der Waals surface area contributed by atoms with Crippen LogP contribution in [0.25, 0.3) is 0 Å². The van der Waals surface area contributed by atoms with E-state index in [1.165, 1.54) is 13.1 Å². The molecule has 11 heavy (non-hydrogen) atoms. The quantitative estimate of drug-likeness (QED) is 0.547. The highest BCUT2D eigenvalue weighted by Gasteiger charge is 2.35. The molecule has 0 aromatic heterocycles. The van der Waals surface area contributed by atoms with Crippen molar-refractivity contribution in [3.8, 4) is 0 Å². The maximum atomic E-state index is 9.06. The van der Waals surface area contributed by atoms with Gasteiger partial charge in [0.25, 0.3) is 0 Å². The topological polar surface area (TPSA) is 26.7 Å². The number of aliphatic hydroxyl groups excluding tert-OH is 1. The zero-order valence-electron chi connectivity index (χ0n) is 7.03. The molecule has 0 aliphatic carbocycles. The molecule has 0 amide bonds. The summed E-state index contributed by atoms with van der Waals surface area (Å²) in [5.74, 6) is 0. The van der Waals surface area contributed by atoms with Crippen molar-refractivity contribution >= 4 is 0 Å². The summed E-state index contributed by atoms with van der Waals surface area (Å²) in [6.07, 6.45) is 0. The molecule has 3 heteroatoms. The molecule has 1 N–H and O–H groups in total. The van der Waals surface area contributed by atoms with E-state index in [1.807, 2.05) is 0 Å². The van der Waals surface area contributed by atoms with Gasteiger partial charge in [0.15, 0.2) is 0 Å². The SMILES string of the molecule is CC1CN2CCN1C(CO)C2. The fourth-order valence-corrected chi connectivity index (χ4v) is 2.32. The van der Waals surface area contributed by atoms with Crippen LogP contribution >= 0.6 is 0 Å². The van der Waals surface area contributed by atoms with E-state index in [9.17, 15) is 0 Å². The predicted molar refractivity (Wildman–Crippen MR) is 43.5 cm³/mol. The van der Waals surface area contributed by atoms with Gasteiger partial charge in [0.2, 0.25) is 0 Å². The summed E-state index contributed by atoms with van der Waals surface area (Å²) in [6, 6.07) is 1.06. The predicted octanol–water partition coefficient (Wildman–Crippen LogP) is -0.633. The third-order valence-corrected chi connectivity index (χ3v) is 2.91. The zero-order valence-corrected chi connectivity index (χ0v) is 7.03. The van der Waals surface area contributed by atoms with Crippen molar-refractivity contribution in [3.05, 3.63) is 0 Å². The largest absolute Gasteiger partial charge is 0.395 e. The Hall–Kier alpha value is -0.120. The number of hydrogen-bond donors (Lipinski definition) is 1. The summed E-state index contributed by atoms with van der Waals surface area (Å²) < 4.78 is 0. The molecule has 3 aliphatic heterocycles. The highest BCUT2D eigenvalue weighted by atomic mass is 16.3. The van der Waals surface area contributed by atoms with E-state index in [-0.39, 0.29) is 0 Å². The molecule has 0 saturated carbocycles. The molecular weight excluding hydrogens is 140 g/mol. The first-order valence-electron chi connectivity index (χ1n) is 4.40. The van der Waals surface area contributed by atoms with Gasteiger partial charge in [0.05, 0.1) is 6.61 Å². The van der Waals surface area contributed by atoms with Gasteiger partial charge in [-0.15, -0.1) is 0 Å². The molecule has 4 unspecified atom stereocenters. The van der Waals surface area contributed by atoms with Crippen LogP contribution in [-0.2, 0) is 0 Å². The number of aliphatic hydroxyl groups is 1. The van der Waals surface area contributed by atoms with Gasteiger partial charge >= 0.3 is 0 Å². The molecule has 0 aromatic rings. The minimum absolute atomic E-state index is 0.320. The van der Waals surface area contributed by atoms with Crippen molar-refractivity contribution in [1.82, 2.24) is 9.80 Å². The van der Waals surface area contributed by atoms with E-state index in [0.717, 1.165) is 13.1 Å². The van der Waals surface area contributed by atoms with Gasteiger partial charge < -0.3 is 5.11 Å². The normalized spacial score (nSPS) is 49.6. The number of rotatable bonds is 1. The monoisotopic (exact) mass is 156 g/mol. The number of piperazine rings is 3. The Morgan fingerprint density at radius 2 is 2.18 bits per heavy atom. The van der Waals surface area contributed by atoms with Crippen LogP contribution in [-0.4, -0.2) is 59.8 Å². The smallest absolute Gasteiger partial charge is 0.0599 e. The Kier molecular flexibility index (Phi) is 1.87. The average Bonchev–Trinajstić information content (AvgIpc) is 2.04. The molecule has 2 bridgehead atoms. The van der Waals surface area contributed by atoms with E-state index in [2.05, 4.69) is 16.7 Å². The molecule has 64 valence electrons. The fourth-order valence-electron chi connectivity index (χ4n) is 2.32. The summed E-state index contributed by atoms with van der Waals surface area (Å²) >= 11 is 0. The minimum atomic E-state index is 0.320. The maximum Gasteiger partial charge on any atom is 0.0599 e. The maximum absolute atomic E-state index is 9.06. The van der Waals surface area contributed by atoms with E-state index in [1.54, 1.807) is 0 Å². The fraction of sp³-hybridized carbons (Fsp3) is 1.00. The second-order valence-electron chi connectivity index (χ2n) is 3.68. The van der Waals surface area contributed by atoms with Gasteiger partial charge in [-0.2, -0.15) is 0 Å². The highest BCUT2D eigenvalue weighted by Crippen LogP contribution is 2.20. The Labute approximate surface area is 67.6 Å².